The lowest BCUT2D eigenvalue weighted by atomic mass is 10.0. The van der Waals surface area contributed by atoms with Gasteiger partial charge in [-0.05, 0) is 12.1 Å². The molecule has 2 aliphatic heterocycles. The maximum absolute atomic E-state index is 12.3. The number of hydrogen-bond acceptors (Lipinski definition) is 5. The van der Waals surface area contributed by atoms with Crippen LogP contribution in [0.15, 0.2) is 24.3 Å². The number of para-hydroxylation sites is 2. The van der Waals surface area contributed by atoms with E-state index in [1.54, 1.807) is 7.11 Å². The van der Waals surface area contributed by atoms with Crippen molar-refractivity contribution in [1.82, 2.24) is 5.32 Å². The second kappa shape index (κ2) is 5.91. The molecule has 1 aromatic rings. The molecule has 2 unspecified atom stereocenters. The summed E-state index contributed by atoms with van der Waals surface area (Å²) in [5, 5.41) is 6.11. The number of carbonyl (C=O) groups excluding carboxylic acids is 1. The van der Waals surface area contributed by atoms with Crippen LogP contribution in [0.2, 0.25) is 0 Å². The van der Waals surface area contributed by atoms with Crippen molar-refractivity contribution >= 4 is 11.6 Å². The zero-order valence-corrected chi connectivity index (χ0v) is 12.1. The summed E-state index contributed by atoms with van der Waals surface area (Å²) >= 11 is 0. The van der Waals surface area contributed by atoms with E-state index in [9.17, 15) is 4.79 Å². The van der Waals surface area contributed by atoms with Crippen molar-refractivity contribution in [2.75, 3.05) is 38.7 Å². The topological polar surface area (TPSA) is 68.8 Å². The highest BCUT2D eigenvalue weighted by molar-refractivity contribution is 5.83. The average molecular weight is 292 g/mol. The molecule has 0 saturated carbocycles. The first-order valence-corrected chi connectivity index (χ1v) is 7.13. The molecule has 0 bridgehead atoms. The fourth-order valence-corrected chi connectivity index (χ4v) is 2.58. The number of methoxy groups -OCH3 is 1. The fraction of sp³-hybridized carbons (Fsp3) is 0.533. The Kier molecular flexibility index (Phi) is 3.98. The minimum Gasteiger partial charge on any atom is -0.477 e. The molecular weight excluding hydrogens is 272 g/mol. The zero-order chi connectivity index (χ0) is 14.7. The van der Waals surface area contributed by atoms with Crippen LogP contribution in [0.4, 0.5) is 5.69 Å². The summed E-state index contributed by atoms with van der Waals surface area (Å²) < 4.78 is 16.6. The summed E-state index contributed by atoms with van der Waals surface area (Å²) in [6.45, 7) is 2.07. The summed E-state index contributed by atoms with van der Waals surface area (Å²) in [6.07, 6.45) is 0.257. The number of anilines is 1. The van der Waals surface area contributed by atoms with Gasteiger partial charge in [-0.3, -0.25) is 4.79 Å². The lowest BCUT2D eigenvalue weighted by Crippen LogP contribution is -2.51. The molecular formula is C15H20N2O4. The molecule has 1 amide bonds. The number of benzene rings is 1. The predicted molar refractivity (Wildman–Crippen MR) is 77.5 cm³/mol. The third kappa shape index (κ3) is 2.96. The van der Waals surface area contributed by atoms with Crippen molar-refractivity contribution in [2.24, 2.45) is 0 Å². The van der Waals surface area contributed by atoms with Gasteiger partial charge >= 0.3 is 0 Å². The van der Waals surface area contributed by atoms with Crippen LogP contribution in [-0.4, -0.2) is 51.0 Å². The Morgan fingerprint density at radius 1 is 1.52 bits per heavy atom. The van der Waals surface area contributed by atoms with Crippen LogP contribution in [-0.2, 0) is 14.3 Å². The van der Waals surface area contributed by atoms with Crippen molar-refractivity contribution in [3.8, 4) is 5.75 Å². The van der Waals surface area contributed by atoms with Gasteiger partial charge < -0.3 is 24.8 Å². The molecule has 2 aliphatic rings. The van der Waals surface area contributed by atoms with E-state index in [-0.39, 0.29) is 5.91 Å². The normalized spacial score (nSPS) is 27.4. The van der Waals surface area contributed by atoms with Crippen molar-refractivity contribution < 1.29 is 19.0 Å². The smallest absolute Gasteiger partial charge is 0.263 e. The molecule has 2 atom stereocenters. The van der Waals surface area contributed by atoms with Gasteiger partial charge in [-0.1, -0.05) is 12.1 Å². The average Bonchev–Trinajstić information content (AvgIpc) is 3.01. The van der Waals surface area contributed by atoms with E-state index < -0.39 is 11.7 Å². The van der Waals surface area contributed by atoms with Crippen LogP contribution in [0, 0.1) is 0 Å². The maximum Gasteiger partial charge on any atom is 0.263 e. The minimum absolute atomic E-state index is 0.139. The third-order valence-corrected chi connectivity index (χ3v) is 4.01. The fourth-order valence-electron chi connectivity index (χ4n) is 2.58. The van der Waals surface area contributed by atoms with E-state index in [1.807, 2.05) is 24.3 Å². The minimum atomic E-state index is -0.531. The third-order valence-electron chi connectivity index (χ3n) is 4.01. The van der Waals surface area contributed by atoms with Crippen LogP contribution < -0.4 is 15.4 Å². The second-order valence-corrected chi connectivity index (χ2v) is 5.39. The molecule has 6 heteroatoms. The quantitative estimate of drug-likeness (QED) is 0.858. The highest BCUT2D eigenvalue weighted by atomic mass is 16.5. The van der Waals surface area contributed by atoms with Gasteiger partial charge in [-0.15, -0.1) is 0 Å². The van der Waals surface area contributed by atoms with Crippen LogP contribution in [0.5, 0.6) is 5.75 Å². The molecule has 2 N–H and O–H groups in total. The number of amides is 1. The molecule has 6 nitrogen and oxygen atoms in total. The van der Waals surface area contributed by atoms with Gasteiger partial charge in [0.05, 0.1) is 18.8 Å². The number of hydrogen-bond donors (Lipinski definition) is 2. The van der Waals surface area contributed by atoms with Crippen molar-refractivity contribution in [1.29, 1.82) is 0 Å². The highest BCUT2D eigenvalue weighted by Crippen LogP contribution is 2.28. The summed E-state index contributed by atoms with van der Waals surface area (Å²) in [6, 6.07) is 7.59. The van der Waals surface area contributed by atoms with Gasteiger partial charge in [0.2, 0.25) is 0 Å². The molecule has 21 heavy (non-hydrogen) atoms. The molecule has 2 heterocycles. The molecule has 0 radical (unpaired) electrons. The molecule has 3 rings (SSSR count). The Hall–Kier alpha value is -1.79. The predicted octanol–water partition coefficient (Wildman–Crippen LogP) is 0.781. The molecule has 114 valence electrons. The van der Waals surface area contributed by atoms with Gasteiger partial charge in [0.25, 0.3) is 5.91 Å². The largest absolute Gasteiger partial charge is 0.477 e. The Balaban J connectivity index is 1.57. The van der Waals surface area contributed by atoms with E-state index in [4.69, 9.17) is 14.2 Å². The van der Waals surface area contributed by atoms with Gasteiger partial charge in [-0.2, -0.15) is 0 Å². The second-order valence-electron chi connectivity index (χ2n) is 5.39. The molecule has 0 spiro atoms. The Labute approximate surface area is 123 Å². The van der Waals surface area contributed by atoms with E-state index in [0.717, 1.165) is 12.1 Å². The molecule has 0 aromatic heterocycles. The van der Waals surface area contributed by atoms with Crippen LogP contribution in [0.3, 0.4) is 0 Å². The zero-order valence-electron chi connectivity index (χ0n) is 12.1. The first-order valence-electron chi connectivity index (χ1n) is 7.13. The van der Waals surface area contributed by atoms with Crippen LogP contribution >= 0.6 is 0 Å². The number of fused-ring (bicyclic) bond motifs is 1. The number of nitrogens with one attached hydrogen (secondary N) is 2. The Morgan fingerprint density at radius 3 is 3.14 bits per heavy atom. The monoisotopic (exact) mass is 292 g/mol. The molecule has 1 saturated heterocycles. The van der Waals surface area contributed by atoms with Gasteiger partial charge in [0, 0.05) is 26.7 Å². The summed E-state index contributed by atoms with van der Waals surface area (Å²) in [4.78, 5) is 12.3. The van der Waals surface area contributed by atoms with E-state index in [1.165, 1.54) is 0 Å². The van der Waals surface area contributed by atoms with Crippen molar-refractivity contribution in [3.63, 3.8) is 0 Å². The van der Waals surface area contributed by atoms with Crippen molar-refractivity contribution in [3.05, 3.63) is 24.3 Å². The van der Waals surface area contributed by atoms with Crippen LogP contribution in [0.25, 0.3) is 0 Å². The van der Waals surface area contributed by atoms with Crippen LogP contribution in [0.1, 0.15) is 6.42 Å². The number of rotatable bonds is 4. The molecule has 0 aliphatic carbocycles. The van der Waals surface area contributed by atoms with E-state index in [0.29, 0.717) is 32.1 Å². The summed E-state index contributed by atoms with van der Waals surface area (Å²) in [5.41, 5.74) is 0.509. The van der Waals surface area contributed by atoms with Gasteiger partial charge in [0.15, 0.2) is 6.10 Å². The highest BCUT2D eigenvalue weighted by Gasteiger charge is 2.36. The first kappa shape index (κ1) is 14.2. The lowest BCUT2D eigenvalue weighted by Gasteiger charge is -2.29. The van der Waals surface area contributed by atoms with Gasteiger partial charge in [-0.25, -0.2) is 0 Å². The summed E-state index contributed by atoms with van der Waals surface area (Å²) in [7, 11) is 1.65. The lowest BCUT2D eigenvalue weighted by molar-refractivity contribution is -0.129. The molecule has 1 aromatic carbocycles. The number of carbonyl (C=O) groups is 1. The SMILES string of the molecule is COC1(CNC(=O)C2CNc3ccccc3O2)CCOC1. The Bertz CT molecular complexity index is 514. The standard InChI is InChI=1S/C15H20N2O4/c1-19-15(6-7-20-10-15)9-17-14(18)13-8-16-11-4-2-3-5-12(11)21-13/h2-5,13,16H,6-10H2,1H3,(H,17,18). The number of ether oxygens (including phenoxy) is 3. The summed E-state index contributed by atoms with van der Waals surface area (Å²) in [5.74, 6) is 0.565. The van der Waals surface area contributed by atoms with Gasteiger partial charge in [0.1, 0.15) is 11.4 Å². The Morgan fingerprint density at radius 2 is 2.38 bits per heavy atom. The maximum atomic E-state index is 12.3. The van der Waals surface area contributed by atoms with Crippen molar-refractivity contribution in [2.45, 2.75) is 18.1 Å². The first-order chi connectivity index (χ1) is 10.2. The van der Waals surface area contributed by atoms with E-state index in [2.05, 4.69) is 10.6 Å². The molecule has 1 fully saturated rings. The van der Waals surface area contributed by atoms with E-state index >= 15 is 0 Å².